The molecule has 1 aliphatic rings. The third kappa shape index (κ3) is 2.91. The largest absolute Gasteiger partial charge is 0.490 e. The maximum Gasteiger partial charge on any atom is 0.186 e. The number of hydrogen-bond acceptors (Lipinski definition) is 5. The standard InChI is InChI=1S/C13H15FO5/c1-17-13-12(16)11(14)10(19-13)7-18-9-5-3-2-4-8(9)6-15/h2-6,10-13,16H,7H2,1H3/t10-,11-,12-,13?/m1/s1/i6D. The fourth-order valence-corrected chi connectivity index (χ4v) is 1.87. The van der Waals surface area contributed by atoms with Crippen molar-refractivity contribution in [1.82, 2.24) is 0 Å². The van der Waals surface area contributed by atoms with Crippen molar-refractivity contribution in [2.75, 3.05) is 13.7 Å². The van der Waals surface area contributed by atoms with Crippen molar-refractivity contribution in [2.24, 2.45) is 0 Å². The van der Waals surface area contributed by atoms with E-state index in [0.717, 1.165) is 0 Å². The first-order chi connectivity index (χ1) is 9.54. The molecule has 104 valence electrons. The van der Waals surface area contributed by atoms with Crippen molar-refractivity contribution in [3.63, 3.8) is 0 Å². The van der Waals surface area contributed by atoms with Gasteiger partial charge in [-0.2, -0.15) is 0 Å². The van der Waals surface area contributed by atoms with E-state index in [1.165, 1.54) is 19.2 Å². The van der Waals surface area contributed by atoms with Gasteiger partial charge in [-0.15, -0.1) is 0 Å². The van der Waals surface area contributed by atoms with Crippen LogP contribution in [0.15, 0.2) is 24.3 Å². The van der Waals surface area contributed by atoms with Gasteiger partial charge in [0.2, 0.25) is 0 Å². The van der Waals surface area contributed by atoms with Gasteiger partial charge in [0.25, 0.3) is 0 Å². The van der Waals surface area contributed by atoms with Crippen LogP contribution in [0.3, 0.4) is 0 Å². The van der Waals surface area contributed by atoms with Crippen LogP contribution in [-0.2, 0) is 9.47 Å². The summed E-state index contributed by atoms with van der Waals surface area (Å²) in [7, 11) is 1.30. The molecule has 1 aliphatic heterocycles. The lowest BCUT2D eigenvalue weighted by Crippen LogP contribution is -2.32. The van der Waals surface area contributed by atoms with Gasteiger partial charge in [0.15, 0.2) is 18.7 Å². The van der Waals surface area contributed by atoms with Gasteiger partial charge in [0.05, 0.1) is 5.56 Å². The van der Waals surface area contributed by atoms with Crippen molar-refractivity contribution in [3.05, 3.63) is 29.8 Å². The van der Waals surface area contributed by atoms with E-state index in [0.29, 0.717) is 0 Å². The number of carbonyl (C=O) groups is 1. The molecule has 0 spiro atoms. The lowest BCUT2D eigenvalue weighted by Gasteiger charge is -2.14. The smallest absolute Gasteiger partial charge is 0.186 e. The molecule has 1 aromatic rings. The molecule has 1 fully saturated rings. The van der Waals surface area contributed by atoms with E-state index in [2.05, 4.69) is 0 Å². The van der Waals surface area contributed by atoms with E-state index in [1.54, 1.807) is 12.1 Å². The number of aliphatic hydroxyl groups is 1. The summed E-state index contributed by atoms with van der Waals surface area (Å²) in [4.78, 5) is 11.1. The monoisotopic (exact) mass is 271 g/mol. The Balaban J connectivity index is 2.01. The minimum atomic E-state index is -1.64. The second-order valence-electron chi connectivity index (χ2n) is 4.12. The van der Waals surface area contributed by atoms with Crippen LogP contribution in [0, 0.1) is 0 Å². The molecule has 4 atom stereocenters. The Morgan fingerprint density at radius 3 is 2.95 bits per heavy atom. The lowest BCUT2D eigenvalue weighted by molar-refractivity contribution is -0.152. The molecule has 2 rings (SSSR count). The summed E-state index contributed by atoms with van der Waals surface area (Å²) in [6.45, 7) is -0.192. The first kappa shape index (κ1) is 12.5. The number of alkyl halides is 1. The fraction of sp³-hybridized carbons (Fsp3) is 0.462. The summed E-state index contributed by atoms with van der Waals surface area (Å²) in [5, 5.41) is 9.50. The first-order valence-electron chi connectivity index (χ1n) is 6.27. The van der Waals surface area contributed by atoms with E-state index in [1.807, 2.05) is 0 Å². The average Bonchev–Trinajstić information content (AvgIpc) is 2.72. The third-order valence-corrected chi connectivity index (χ3v) is 2.90. The molecule has 1 unspecified atom stereocenters. The van der Waals surface area contributed by atoms with Gasteiger partial charge in [0.1, 0.15) is 25.9 Å². The molecule has 1 saturated heterocycles. The highest BCUT2D eigenvalue weighted by Gasteiger charge is 2.44. The third-order valence-electron chi connectivity index (χ3n) is 2.90. The van der Waals surface area contributed by atoms with Crippen molar-refractivity contribution in [1.29, 1.82) is 0 Å². The summed E-state index contributed by atoms with van der Waals surface area (Å²) < 4.78 is 36.1. The number of aliphatic hydroxyl groups excluding tert-OH is 1. The summed E-state index contributed by atoms with van der Waals surface area (Å²) in [5.41, 5.74) is 0.0877. The van der Waals surface area contributed by atoms with E-state index in [9.17, 15) is 14.3 Å². The highest BCUT2D eigenvalue weighted by molar-refractivity contribution is 5.79. The van der Waals surface area contributed by atoms with Gasteiger partial charge in [-0.25, -0.2) is 4.39 Å². The number of halogens is 1. The Hall–Kier alpha value is -1.50. The van der Waals surface area contributed by atoms with Crippen molar-refractivity contribution < 1.29 is 29.9 Å². The van der Waals surface area contributed by atoms with Crippen LogP contribution in [0.2, 0.25) is 0 Å². The lowest BCUT2D eigenvalue weighted by atomic mass is 10.2. The summed E-state index contributed by atoms with van der Waals surface area (Å²) in [5.74, 6) is 0.179. The van der Waals surface area contributed by atoms with Crippen molar-refractivity contribution in [3.8, 4) is 5.75 Å². The zero-order valence-electron chi connectivity index (χ0n) is 11.3. The molecule has 0 amide bonds. The molecule has 0 radical (unpaired) electrons. The number of methoxy groups -OCH3 is 1. The number of rotatable bonds is 5. The highest BCUT2D eigenvalue weighted by atomic mass is 19.1. The highest BCUT2D eigenvalue weighted by Crippen LogP contribution is 2.26. The SMILES string of the molecule is [2H]C(=O)c1ccccc1OC[C@H]1OC(OC)[C@H](O)[C@@H]1F. The molecule has 1 N–H and O–H groups in total. The van der Waals surface area contributed by atoms with E-state index >= 15 is 0 Å². The normalized spacial score (nSPS) is 31.0. The van der Waals surface area contributed by atoms with Crippen LogP contribution in [0.25, 0.3) is 0 Å². The van der Waals surface area contributed by atoms with Crippen LogP contribution >= 0.6 is 0 Å². The van der Waals surface area contributed by atoms with Gasteiger partial charge in [-0.1, -0.05) is 12.1 Å². The van der Waals surface area contributed by atoms with Gasteiger partial charge in [-0.3, -0.25) is 4.79 Å². The minimum Gasteiger partial charge on any atom is -0.490 e. The number of aldehydes is 1. The van der Waals surface area contributed by atoms with E-state index < -0.39 is 30.9 Å². The Bertz CT molecular complexity index is 484. The number of hydrogen-bond donors (Lipinski definition) is 1. The molecular formula is C13H15FO5. The van der Waals surface area contributed by atoms with Gasteiger partial charge in [0, 0.05) is 7.11 Å². The van der Waals surface area contributed by atoms with Gasteiger partial charge < -0.3 is 19.3 Å². The Kier molecular flexibility index (Phi) is 4.02. The van der Waals surface area contributed by atoms with Crippen molar-refractivity contribution in [2.45, 2.75) is 24.7 Å². The molecule has 6 heteroatoms. The quantitative estimate of drug-likeness (QED) is 0.808. The van der Waals surface area contributed by atoms with E-state index in [4.69, 9.17) is 15.6 Å². The first-order valence-corrected chi connectivity index (χ1v) is 5.77. The topological polar surface area (TPSA) is 65.0 Å². The van der Waals surface area contributed by atoms with Crippen LogP contribution in [0.5, 0.6) is 5.75 Å². The van der Waals surface area contributed by atoms with E-state index in [-0.39, 0.29) is 17.9 Å². The number of ether oxygens (including phenoxy) is 3. The van der Waals surface area contributed by atoms with Gasteiger partial charge in [-0.05, 0) is 12.1 Å². The molecule has 0 saturated carbocycles. The minimum absolute atomic E-state index is 0.0877. The second-order valence-corrected chi connectivity index (χ2v) is 4.12. The molecule has 0 aromatic heterocycles. The summed E-state index contributed by atoms with van der Waals surface area (Å²) in [6, 6.07) is 6.19. The zero-order valence-corrected chi connectivity index (χ0v) is 10.3. The molecule has 5 nitrogen and oxygen atoms in total. The second kappa shape index (κ2) is 6.10. The maximum atomic E-state index is 13.7. The molecule has 1 heterocycles. The Morgan fingerprint density at radius 1 is 1.58 bits per heavy atom. The van der Waals surface area contributed by atoms with Crippen LogP contribution in [-0.4, -0.2) is 49.8 Å². The molecule has 0 bridgehead atoms. The number of carbonyl (C=O) groups excluding carboxylic acids is 1. The Labute approximate surface area is 111 Å². The average molecular weight is 271 g/mol. The fourth-order valence-electron chi connectivity index (χ4n) is 1.87. The predicted octanol–water partition coefficient (Wildman–Crippen LogP) is 0.948. The summed E-state index contributed by atoms with van der Waals surface area (Å²) >= 11 is 0. The zero-order chi connectivity index (χ0) is 14.7. The molecule has 0 aliphatic carbocycles. The number of para-hydroxylation sites is 1. The Morgan fingerprint density at radius 2 is 2.32 bits per heavy atom. The molecular weight excluding hydrogens is 255 g/mol. The van der Waals surface area contributed by atoms with Crippen LogP contribution < -0.4 is 4.74 Å². The maximum absolute atomic E-state index is 13.7. The predicted molar refractivity (Wildman–Crippen MR) is 63.9 cm³/mol. The number of benzene rings is 1. The van der Waals surface area contributed by atoms with Gasteiger partial charge >= 0.3 is 0 Å². The van der Waals surface area contributed by atoms with Crippen LogP contribution in [0.4, 0.5) is 4.39 Å². The van der Waals surface area contributed by atoms with Crippen molar-refractivity contribution >= 4 is 6.26 Å². The van der Waals surface area contributed by atoms with Crippen LogP contribution in [0.1, 0.15) is 11.7 Å². The molecule has 19 heavy (non-hydrogen) atoms. The molecule has 1 aromatic carbocycles. The summed E-state index contributed by atoms with van der Waals surface area (Å²) in [6.07, 6.45) is -5.93.